The SMILES string of the molecule is Nc1nccn2c(C3CC(C(O)C45CC(c6ncc7c(Cl)nc(I)cn67)C4C5)C3)nc(I)c12. The Morgan fingerprint density at radius 2 is 1.97 bits per heavy atom. The molecule has 4 heterocycles. The molecule has 0 aliphatic heterocycles. The smallest absolute Gasteiger partial charge is 0.155 e. The van der Waals surface area contributed by atoms with Gasteiger partial charge in [0.15, 0.2) is 11.0 Å². The minimum Gasteiger partial charge on any atom is -0.392 e. The Kier molecular flexibility index (Phi) is 4.56. The maximum absolute atomic E-state index is 11.3. The van der Waals surface area contributed by atoms with Crippen LogP contribution in [0.25, 0.3) is 11.0 Å². The first kappa shape index (κ1) is 21.1. The monoisotopic (exact) mass is 687 g/mol. The number of aliphatic hydroxyl groups excluding tert-OH is 1. The van der Waals surface area contributed by atoms with Crippen LogP contribution < -0.4 is 5.73 Å². The molecule has 3 fully saturated rings. The Balaban J connectivity index is 1.07. The summed E-state index contributed by atoms with van der Waals surface area (Å²) in [5.41, 5.74) is 7.86. The number of hydrogen-bond donors (Lipinski definition) is 2. The third-order valence-electron chi connectivity index (χ3n) is 8.22. The molecule has 0 amide bonds. The van der Waals surface area contributed by atoms with Gasteiger partial charge in [0.1, 0.15) is 30.1 Å². The van der Waals surface area contributed by atoms with Gasteiger partial charge in [0.2, 0.25) is 0 Å². The molecule has 11 heteroatoms. The average Bonchev–Trinajstić information content (AvgIpc) is 2.99. The van der Waals surface area contributed by atoms with Crippen molar-refractivity contribution in [1.82, 2.24) is 28.7 Å². The zero-order valence-corrected chi connectivity index (χ0v) is 22.4. The fraction of sp³-hybridized carbons (Fsp3) is 0.455. The predicted molar refractivity (Wildman–Crippen MR) is 140 cm³/mol. The van der Waals surface area contributed by atoms with Crippen LogP contribution in [0.5, 0.6) is 0 Å². The zero-order chi connectivity index (χ0) is 22.6. The molecule has 0 spiro atoms. The summed E-state index contributed by atoms with van der Waals surface area (Å²) in [7, 11) is 0. The van der Waals surface area contributed by atoms with Crippen molar-refractivity contribution < 1.29 is 5.11 Å². The lowest BCUT2D eigenvalue weighted by atomic mass is 9.62. The molecule has 4 aromatic heterocycles. The summed E-state index contributed by atoms with van der Waals surface area (Å²) in [6, 6.07) is 0. The molecular weight excluding hydrogens is 668 g/mol. The van der Waals surface area contributed by atoms with Gasteiger partial charge < -0.3 is 10.8 Å². The van der Waals surface area contributed by atoms with Crippen molar-refractivity contribution in [3.05, 3.63) is 49.0 Å². The van der Waals surface area contributed by atoms with Crippen molar-refractivity contribution in [2.75, 3.05) is 5.73 Å². The van der Waals surface area contributed by atoms with Crippen LogP contribution >= 0.6 is 56.8 Å². The minimum absolute atomic E-state index is 0.0630. The van der Waals surface area contributed by atoms with Crippen LogP contribution in [0.4, 0.5) is 5.82 Å². The van der Waals surface area contributed by atoms with E-state index in [0.29, 0.717) is 34.6 Å². The molecule has 33 heavy (non-hydrogen) atoms. The summed E-state index contributed by atoms with van der Waals surface area (Å²) < 4.78 is 5.89. The molecule has 7 rings (SSSR count). The fourth-order valence-corrected chi connectivity index (χ4v) is 8.08. The van der Waals surface area contributed by atoms with Crippen LogP contribution in [0.3, 0.4) is 0 Å². The molecule has 8 nitrogen and oxygen atoms in total. The lowest BCUT2D eigenvalue weighted by Crippen LogP contribution is -2.44. The topological polar surface area (TPSA) is 107 Å². The van der Waals surface area contributed by atoms with Gasteiger partial charge in [-0.15, -0.1) is 0 Å². The quantitative estimate of drug-likeness (QED) is 0.311. The van der Waals surface area contributed by atoms with Crippen molar-refractivity contribution in [2.24, 2.45) is 17.3 Å². The highest BCUT2D eigenvalue weighted by Crippen LogP contribution is 2.77. The van der Waals surface area contributed by atoms with Crippen molar-refractivity contribution in [3.63, 3.8) is 0 Å². The highest BCUT2D eigenvalue weighted by molar-refractivity contribution is 14.1. The van der Waals surface area contributed by atoms with E-state index in [0.717, 1.165) is 55.8 Å². The van der Waals surface area contributed by atoms with Crippen molar-refractivity contribution in [1.29, 1.82) is 0 Å². The molecule has 4 atom stereocenters. The molecule has 4 aromatic rings. The van der Waals surface area contributed by atoms with E-state index in [-0.39, 0.29) is 11.5 Å². The largest absolute Gasteiger partial charge is 0.392 e. The van der Waals surface area contributed by atoms with E-state index in [1.165, 1.54) is 0 Å². The fourth-order valence-electron chi connectivity index (χ4n) is 6.41. The molecule has 3 saturated carbocycles. The first-order valence-corrected chi connectivity index (χ1v) is 13.6. The van der Waals surface area contributed by atoms with Gasteiger partial charge in [0.25, 0.3) is 0 Å². The van der Waals surface area contributed by atoms with E-state index >= 15 is 0 Å². The molecule has 0 aromatic carbocycles. The maximum atomic E-state index is 11.3. The van der Waals surface area contributed by atoms with E-state index in [2.05, 4.69) is 68.9 Å². The third-order valence-corrected chi connectivity index (χ3v) is 9.77. The van der Waals surface area contributed by atoms with Gasteiger partial charge in [-0.3, -0.25) is 8.80 Å². The highest BCUT2D eigenvalue weighted by atomic mass is 127. The van der Waals surface area contributed by atoms with Gasteiger partial charge in [-0.2, -0.15) is 0 Å². The predicted octanol–water partition coefficient (Wildman–Crippen LogP) is 4.27. The summed E-state index contributed by atoms with van der Waals surface area (Å²) >= 11 is 10.7. The Morgan fingerprint density at radius 1 is 1.15 bits per heavy atom. The number of hydrogen-bond acceptors (Lipinski definition) is 6. The number of rotatable bonds is 4. The third kappa shape index (κ3) is 2.89. The Bertz CT molecular complexity index is 1450. The van der Waals surface area contributed by atoms with Crippen molar-refractivity contribution in [3.8, 4) is 0 Å². The lowest BCUT2D eigenvalue weighted by molar-refractivity contribution is -0.0439. The second kappa shape index (κ2) is 7.14. The number of aromatic nitrogens is 6. The molecule has 3 N–H and O–H groups in total. The Hall–Kier alpha value is -1.25. The van der Waals surface area contributed by atoms with Crippen LogP contribution in [0.1, 0.15) is 49.2 Å². The zero-order valence-electron chi connectivity index (χ0n) is 17.4. The standard InChI is InChI=1S/C22H20ClI2N7O/c23-17-13-7-28-21(32(13)8-14(24)29-17)11-5-22(6-12(11)22)16(33)9-3-10(4-9)20-30-18(25)15-19(26)27-1-2-31(15)20/h1-2,7-12,16,33H,3-6H2,(H2,26,27). The van der Waals surface area contributed by atoms with Gasteiger partial charge in [-0.25, -0.2) is 19.9 Å². The second-order valence-corrected chi connectivity index (χ2v) is 12.2. The minimum atomic E-state index is -0.261. The van der Waals surface area contributed by atoms with Crippen LogP contribution in [-0.2, 0) is 0 Å². The average molecular weight is 688 g/mol. The molecular formula is C22H20ClI2N7O. The molecule has 0 bridgehead atoms. The van der Waals surface area contributed by atoms with Gasteiger partial charge in [-0.1, -0.05) is 11.6 Å². The van der Waals surface area contributed by atoms with Crippen LogP contribution in [0, 0.1) is 24.7 Å². The first-order chi connectivity index (χ1) is 15.9. The number of nitrogen functional groups attached to an aromatic ring is 1. The van der Waals surface area contributed by atoms with Crippen LogP contribution in [-0.4, -0.2) is 39.9 Å². The molecule has 0 saturated heterocycles. The van der Waals surface area contributed by atoms with E-state index in [4.69, 9.17) is 22.3 Å². The number of anilines is 1. The molecule has 4 unspecified atom stereocenters. The van der Waals surface area contributed by atoms with Gasteiger partial charge in [-0.05, 0) is 82.7 Å². The lowest BCUT2D eigenvalue weighted by Gasteiger charge is -2.45. The highest BCUT2D eigenvalue weighted by Gasteiger charge is 2.72. The maximum Gasteiger partial charge on any atom is 0.155 e. The Morgan fingerprint density at radius 3 is 2.76 bits per heavy atom. The number of halogens is 3. The number of nitrogens with zero attached hydrogens (tertiary/aromatic N) is 6. The molecule has 0 radical (unpaired) electrons. The normalized spacial score (nSPS) is 31.3. The number of nitrogens with two attached hydrogens (primary N) is 1. The molecule has 3 aliphatic rings. The summed E-state index contributed by atoms with van der Waals surface area (Å²) in [6.45, 7) is 0. The van der Waals surface area contributed by atoms with Crippen LogP contribution in [0.2, 0.25) is 5.15 Å². The summed E-state index contributed by atoms with van der Waals surface area (Å²) in [6.07, 6.45) is 11.2. The van der Waals surface area contributed by atoms with Crippen molar-refractivity contribution >= 4 is 73.6 Å². The summed E-state index contributed by atoms with van der Waals surface area (Å²) in [5, 5.41) is 11.8. The van der Waals surface area contributed by atoms with E-state index in [1.54, 1.807) is 6.20 Å². The van der Waals surface area contributed by atoms with Gasteiger partial charge in [0.05, 0.1) is 12.3 Å². The first-order valence-electron chi connectivity index (χ1n) is 11.0. The summed E-state index contributed by atoms with van der Waals surface area (Å²) in [4.78, 5) is 18.0. The van der Waals surface area contributed by atoms with E-state index < -0.39 is 0 Å². The van der Waals surface area contributed by atoms with Gasteiger partial charge in [0, 0.05) is 35.8 Å². The second-order valence-electron chi connectivity index (χ2n) is 9.75. The van der Waals surface area contributed by atoms with E-state index in [1.807, 2.05) is 18.6 Å². The Labute approximate surface area is 221 Å². The van der Waals surface area contributed by atoms with Crippen molar-refractivity contribution in [2.45, 2.75) is 43.6 Å². The van der Waals surface area contributed by atoms with E-state index in [9.17, 15) is 5.11 Å². The molecule has 170 valence electrons. The number of fused-ring (bicyclic) bond motifs is 3. The number of aliphatic hydroxyl groups is 1. The van der Waals surface area contributed by atoms with Gasteiger partial charge >= 0.3 is 0 Å². The number of imidazole rings is 2. The molecule has 3 aliphatic carbocycles. The van der Waals surface area contributed by atoms with Crippen LogP contribution in [0.15, 0.2) is 24.8 Å². The summed E-state index contributed by atoms with van der Waals surface area (Å²) in [5.74, 6) is 4.14.